The van der Waals surface area contributed by atoms with E-state index in [9.17, 15) is 9.59 Å². The number of rotatable bonds is 5. The van der Waals surface area contributed by atoms with Gasteiger partial charge in [0.2, 0.25) is 0 Å². The molecule has 0 spiro atoms. The Morgan fingerprint density at radius 2 is 2.10 bits per heavy atom. The number of carbonyl (C=O) groups excluding carboxylic acids is 2. The lowest BCUT2D eigenvalue weighted by molar-refractivity contribution is -0.142. The van der Waals surface area contributed by atoms with Crippen LogP contribution in [0, 0.1) is 0 Å². The van der Waals surface area contributed by atoms with Crippen LogP contribution in [0.5, 0.6) is 0 Å². The number of benzene rings is 1. The van der Waals surface area contributed by atoms with Crippen molar-refractivity contribution in [3.05, 3.63) is 30.0 Å². The third-order valence-corrected chi connectivity index (χ3v) is 2.89. The van der Waals surface area contributed by atoms with Gasteiger partial charge in [-0.1, -0.05) is 18.2 Å². The Balaban J connectivity index is 2.03. The number of hydrogen-bond donors (Lipinski definition) is 1. The SMILES string of the molecule is CCOC(=O)CCNC(=O)c1nn(C)c2ccccc12. The van der Waals surface area contributed by atoms with Crippen molar-refractivity contribution in [2.75, 3.05) is 13.2 Å². The summed E-state index contributed by atoms with van der Waals surface area (Å²) in [6, 6.07) is 7.51. The molecule has 0 unspecified atom stereocenters. The summed E-state index contributed by atoms with van der Waals surface area (Å²) in [4.78, 5) is 23.3. The first-order valence-corrected chi connectivity index (χ1v) is 6.49. The fourth-order valence-corrected chi connectivity index (χ4v) is 1.98. The van der Waals surface area contributed by atoms with Gasteiger partial charge in [0.25, 0.3) is 5.91 Å². The van der Waals surface area contributed by atoms with Gasteiger partial charge >= 0.3 is 5.97 Å². The second-order valence-corrected chi connectivity index (χ2v) is 4.30. The van der Waals surface area contributed by atoms with Crippen molar-refractivity contribution in [3.8, 4) is 0 Å². The number of fused-ring (bicyclic) bond motifs is 1. The van der Waals surface area contributed by atoms with Crippen molar-refractivity contribution >= 4 is 22.8 Å². The molecule has 20 heavy (non-hydrogen) atoms. The number of para-hydroxylation sites is 1. The molecule has 2 aromatic rings. The number of aromatic nitrogens is 2. The van der Waals surface area contributed by atoms with Gasteiger partial charge in [-0.15, -0.1) is 0 Å². The Labute approximate surface area is 116 Å². The van der Waals surface area contributed by atoms with Gasteiger partial charge in [0.05, 0.1) is 18.5 Å². The first kappa shape index (κ1) is 14.0. The highest BCUT2D eigenvalue weighted by Crippen LogP contribution is 2.17. The first-order chi connectivity index (χ1) is 9.63. The van der Waals surface area contributed by atoms with Crippen molar-refractivity contribution in [1.29, 1.82) is 0 Å². The van der Waals surface area contributed by atoms with E-state index in [-0.39, 0.29) is 24.8 Å². The Hall–Kier alpha value is -2.37. The maximum atomic E-state index is 12.1. The lowest BCUT2D eigenvalue weighted by atomic mass is 10.2. The van der Waals surface area contributed by atoms with Crippen molar-refractivity contribution < 1.29 is 14.3 Å². The minimum absolute atomic E-state index is 0.157. The van der Waals surface area contributed by atoms with Crippen LogP contribution in [0.3, 0.4) is 0 Å². The number of nitrogens with one attached hydrogen (secondary N) is 1. The Morgan fingerprint density at radius 1 is 1.35 bits per heavy atom. The molecular formula is C14H17N3O3. The smallest absolute Gasteiger partial charge is 0.307 e. The van der Waals surface area contributed by atoms with E-state index < -0.39 is 0 Å². The predicted molar refractivity (Wildman–Crippen MR) is 74.3 cm³/mol. The maximum absolute atomic E-state index is 12.1. The number of aryl methyl sites for hydroxylation is 1. The van der Waals surface area contributed by atoms with Crippen LogP contribution < -0.4 is 5.32 Å². The topological polar surface area (TPSA) is 73.2 Å². The van der Waals surface area contributed by atoms with E-state index in [0.29, 0.717) is 12.3 Å². The Morgan fingerprint density at radius 3 is 2.85 bits per heavy atom. The molecule has 0 atom stereocenters. The molecule has 0 saturated heterocycles. The number of amides is 1. The van der Waals surface area contributed by atoms with Gasteiger partial charge in [-0.25, -0.2) is 0 Å². The molecule has 0 bridgehead atoms. The highest BCUT2D eigenvalue weighted by molar-refractivity contribution is 6.04. The molecular weight excluding hydrogens is 258 g/mol. The van der Waals surface area contributed by atoms with Crippen LogP contribution in [-0.4, -0.2) is 34.8 Å². The van der Waals surface area contributed by atoms with Crippen LogP contribution in [0.2, 0.25) is 0 Å². The van der Waals surface area contributed by atoms with E-state index >= 15 is 0 Å². The average Bonchev–Trinajstić information content (AvgIpc) is 2.77. The standard InChI is InChI=1S/C14H17N3O3/c1-3-20-12(18)8-9-15-14(19)13-10-6-4-5-7-11(10)17(2)16-13/h4-7H,3,8-9H2,1-2H3,(H,15,19). The Kier molecular flexibility index (Phi) is 4.34. The second-order valence-electron chi connectivity index (χ2n) is 4.30. The third-order valence-electron chi connectivity index (χ3n) is 2.89. The molecule has 1 aromatic carbocycles. The van der Waals surface area contributed by atoms with Gasteiger partial charge in [0.1, 0.15) is 0 Å². The van der Waals surface area contributed by atoms with Crippen LogP contribution in [0.15, 0.2) is 24.3 Å². The molecule has 2 rings (SSSR count). The number of hydrogen-bond acceptors (Lipinski definition) is 4. The van der Waals surface area contributed by atoms with E-state index in [1.807, 2.05) is 24.3 Å². The highest BCUT2D eigenvalue weighted by Gasteiger charge is 2.15. The molecule has 0 fully saturated rings. The summed E-state index contributed by atoms with van der Waals surface area (Å²) in [5.74, 6) is -0.607. The minimum atomic E-state index is -0.321. The van der Waals surface area contributed by atoms with Crippen LogP contribution in [0.25, 0.3) is 10.9 Å². The fourth-order valence-electron chi connectivity index (χ4n) is 1.98. The zero-order valence-electron chi connectivity index (χ0n) is 11.5. The highest BCUT2D eigenvalue weighted by atomic mass is 16.5. The summed E-state index contributed by atoms with van der Waals surface area (Å²) in [7, 11) is 1.79. The normalized spacial score (nSPS) is 10.5. The molecule has 1 amide bonds. The van der Waals surface area contributed by atoms with Crippen LogP contribution >= 0.6 is 0 Å². The van der Waals surface area contributed by atoms with Crippen molar-refractivity contribution in [2.45, 2.75) is 13.3 Å². The summed E-state index contributed by atoms with van der Waals surface area (Å²) in [5, 5.41) is 7.69. The lowest BCUT2D eigenvalue weighted by Crippen LogP contribution is -2.27. The second kappa shape index (κ2) is 6.18. The van der Waals surface area contributed by atoms with E-state index in [1.165, 1.54) is 0 Å². The summed E-state index contributed by atoms with van der Waals surface area (Å²) < 4.78 is 6.46. The Bertz CT molecular complexity index is 634. The summed E-state index contributed by atoms with van der Waals surface area (Å²) >= 11 is 0. The van der Waals surface area contributed by atoms with Gasteiger partial charge in [0, 0.05) is 19.0 Å². The van der Waals surface area contributed by atoms with E-state index in [0.717, 1.165) is 10.9 Å². The van der Waals surface area contributed by atoms with Crippen molar-refractivity contribution in [2.24, 2.45) is 7.05 Å². The molecule has 1 N–H and O–H groups in total. The first-order valence-electron chi connectivity index (χ1n) is 6.49. The summed E-state index contributed by atoms with van der Waals surface area (Å²) in [5.41, 5.74) is 1.26. The fraction of sp³-hybridized carbons (Fsp3) is 0.357. The van der Waals surface area contributed by atoms with E-state index in [4.69, 9.17) is 4.74 Å². The predicted octanol–water partition coefficient (Wildman–Crippen LogP) is 1.26. The zero-order valence-corrected chi connectivity index (χ0v) is 11.5. The number of carbonyl (C=O) groups is 2. The lowest BCUT2D eigenvalue weighted by Gasteiger charge is -2.03. The molecule has 0 aliphatic rings. The van der Waals surface area contributed by atoms with Crippen molar-refractivity contribution in [3.63, 3.8) is 0 Å². The van der Waals surface area contributed by atoms with Gasteiger partial charge in [-0.05, 0) is 13.0 Å². The van der Waals surface area contributed by atoms with Gasteiger partial charge in [0.15, 0.2) is 5.69 Å². The summed E-state index contributed by atoms with van der Waals surface area (Å²) in [6.07, 6.45) is 0.157. The van der Waals surface area contributed by atoms with E-state index in [2.05, 4.69) is 10.4 Å². The number of ether oxygens (including phenoxy) is 1. The zero-order chi connectivity index (χ0) is 14.5. The van der Waals surface area contributed by atoms with E-state index in [1.54, 1.807) is 18.7 Å². The van der Waals surface area contributed by atoms with Gasteiger partial charge < -0.3 is 10.1 Å². The van der Waals surface area contributed by atoms with Crippen molar-refractivity contribution in [1.82, 2.24) is 15.1 Å². The quantitative estimate of drug-likeness (QED) is 0.834. The molecule has 6 heteroatoms. The molecule has 0 aliphatic carbocycles. The monoisotopic (exact) mass is 275 g/mol. The molecule has 0 aliphatic heterocycles. The van der Waals surface area contributed by atoms with Gasteiger partial charge in [-0.3, -0.25) is 14.3 Å². The molecule has 0 radical (unpaired) electrons. The average molecular weight is 275 g/mol. The maximum Gasteiger partial charge on any atom is 0.307 e. The molecule has 106 valence electrons. The number of esters is 1. The van der Waals surface area contributed by atoms with Crippen LogP contribution in [0.1, 0.15) is 23.8 Å². The molecule has 1 aromatic heterocycles. The van der Waals surface area contributed by atoms with Gasteiger partial charge in [-0.2, -0.15) is 5.10 Å². The number of nitrogens with zero attached hydrogens (tertiary/aromatic N) is 2. The summed E-state index contributed by atoms with van der Waals surface area (Å²) in [6.45, 7) is 2.33. The molecule has 6 nitrogen and oxygen atoms in total. The third kappa shape index (κ3) is 2.96. The molecule has 0 saturated carbocycles. The minimum Gasteiger partial charge on any atom is -0.466 e. The molecule has 1 heterocycles. The largest absolute Gasteiger partial charge is 0.466 e. The van der Waals surface area contributed by atoms with Crippen LogP contribution in [-0.2, 0) is 16.6 Å². The van der Waals surface area contributed by atoms with Crippen LogP contribution in [0.4, 0.5) is 0 Å².